The van der Waals surface area contributed by atoms with Gasteiger partial charge in [-0.15, -0.1) is 0 Å². The Bertz CT molecular complexity index is 344. The summed E-state index contributed by atoms with van der Waals surface area (Å²) in [6, 6.07) is 1.16. The Labute approximate surface area is 96.8 Å². The fourth-order valence-corrected chi connectivity index (χ4v) is 1.88. The number of nitrogens with zero attached hydrogens (tertiary/aromatic N) is 3. The molecule has 1 aromatic rings. The number of ether oxygens (including phenoxy) is 1. The van der Waals surface area contributed by atoms with E-state index in [1.165, 1.54) is 6.21 Å². The van der Waals surface area contributed by atoms with Crippen molar-refractivity contribution in [2.45, 2.75) is 32.4 Å². The summed E-state index contributed by atoms with van der Waals surface area (Å²) in [6.45, 7) is 8.25. The molecule has 1 aromatic heterocycles. The van der Waals surface area contributed by atoms with Crippen LogP contribution in [0.2, 0.25) is 25.7 Å². The highest BCUT2D eigenvalue weighted by atomic mass is 28.3. The molecule has 0 saturated heterocycles. The lowest BCUT2D eigenvalue weighted by Gasteiger charge is -2.15. The van der Waals surface area contributed by atoms with Crippen LogP contribution in [0.5, 0.6) is 0 Å². The molecule has 0 amide bonds. The van der Waals surface area contributed by atoms with Crippen LogP contribution in [0.3, 0.4) is 0 Å². The van der Waals surface area contributed by atoms with E-state index in [0.29, 0.717) is 12.4 Å². The fraction of sp³-hybridized carbons (Fsp3) is 0.600. The van der Waals surface area contributed by atoms with Crippen molar-refractivity contribution < 1.29 is 9.94 Å². The Morgan fingerprint density at radius 3 is 2.94 bits per heavy atom. The summed E-state index contributed by atoms with van der Waals surface area (Å²) in [7, 11) is -1.01. The van der Waals surface area contributed by atoms with Gasteiger partial charge in [0.2, 0.25) is 0 Å². The standard InChI is InChI=1S/C10H19N3O2Si/c1-16(2,3)5-4-15-9-13-7-10(6-12-14)11-8-13/h6-8,14H,4-5,9H2,1-3H3. The van der Waals surface area contributed by atoms with E-state index in [1.807, 2.05) is 4.57 Å². The molecular weight excluding hydrogens is 222 g/mol. The van der Waals surface area contributed by atoms with Crippen LogP contribution in [0.4, 0.5) is 0 Å². The third kappa shape index (κ3) is 5.08. The minimum absolute atomic E-state index is 0.497. The van der Waals surface area contributed by atoms with Crippen molar-refractivity contribution in [3.05, 3.63) is 18.2 Å². The highest BCUT2D eigenvalue weighted by molar-refractivity contribution is 6.76. The zero-order valence-corrected chi connectivity index (χ0v) is 11.1. The summed E-state index contributed by atoms with van der Waals surface area (Å²) in [5.74, 6) is 0. The van der Waals surface area contributed by atoms with E-state index in [9.17, 15) is 0 Å². The number of aromatic nitrogens is 2. The van der Waals surface area contributed by atoms with Gasteiger partial charge in [-0.25, -0.2) is 4.98 Å². The van der Waals surface area contributed by atoms with Crippen LogP contribution < -0.4 is 0 Å². The molecule has 90 valence electrons. The van der Waals surface area contributed by atoms with Gasteiger partial charge in [-0.1, -0.05) is 24.8 Å². The molecule has 6 heteroatoms. The van der Waals surface area contributed by atoms with Gasteiger partial charge in [0.15, 0.2) is 0 Å². The van der Waals surface area contributed by atoms with Gasteiger partial charge >= 0.3 is 0 Å². The minimum Gasteiger partial charge on any atom is -0.411 e. The van der Waals surface area contributed by atoms with Crippen molar-refractivity contribution in [3.63, 3.8) is 0 Å². The third-order valence-electron chi connectivity index (χ3n) is 2.08. The quantitative estimate of drug-likeness (QED) is 0.272. The van der Waals surface area contributed by atoms with E-state index < -0.39 is 8.07 Å². The average molecular weight is 241 g/mol. The molecule has 0 unspecified atom stereocenters. The molecule has 0 aliphatic heterocycles. The lowest BCUT2D eigenvalue weighted by molar-refractivity contribution is 0.0871. The number of hydrogen-bond donors (Lipinski definition) is 1. The molecule has 1 N–H and O–H groups in total. The van der Waals surface area contributed by atoms with E-state index in [-0.39, 0.29) is 0 Å². The van der Waals surface area contributed by atoms with Crippen molar-refractivity contribution in [2.75, 3.05) is 6.61 Å². The molecule has 5 nitrogen and oxygen atoms in total. The highest BCUT2D eigenvalue weighted by Gasteiger charge is 2.11. The van der Waals surface area contributed by atoms with Crippen molar-refractivity contribution >= 4 is 14.3 Å². The van der Waals surface area contributed by atoms with Gasteiger partial charge in [0.25, 0.3) is 0 Å². The smallest absolute Gasteiger partial charge is 0.123 e. The molecule has 0 saturated carbocycles. The largest absolute Gasteiger partial charge is 0.411 e. The van der Waals surface area contributed by atoms with E-state index in [4.69, 9.17) is 9.94 Å². The lowest BCUT2D eigenvalue weighted by atomic mass is 10.5. The van der Waals surface area contributed by atoms with Crippen LogP contribution in [0.25, 0.3) is 0 Å². The zero-order valence-electron chi connectivity index (χ0n) is 10.1. The maximum Gasteiger partial charge on any atom is 0.123 e. The summed E-state index contributed by atoms with van der Waals surface area (Å²) in [5, 5.41) is 11.2. The van der Waals surface area contributed by atoms with Crippen molar-refractivity contribution in [1.82, 2.24) is 9.55 Å². The molecule has 0 spiro atoms. The maximum absolute atomic E-state index is 8.33. The molecular formula is C10H19N3O2Si. The van der Waals surface area contributed by atoms with Crippen LogP contribution in [0.1, 0.15) is 5.69 Å². The lowest BCUT2D eigenvalue weighted by Crippen LogP contribution is -2.21. The van der Waals surface area contributed by atoms with Gasteiger partial charge in [-0.3, -0.25) is 0 Å². The molecule has 1 rings (SSSR count). The van der Waals surface area contributed by atoms with E-state index >= 15 is 0 Å². The van der Waals surface area contributed by atoms with Crippen molar-refractivity contribution in [2.24, 2.45) is 5.16 Å². The Morgan fingerprint density at radius 1 is 1.56 bits per heavy atom. The maximum atomic E-state index is 8.33. The van der Waals surface area contributed by atoms with E-state index in [2.05, 4.69) is 29.8 Å². The van der Waals surface area contributed by atoms with Crippen molar-refractivity contribution in [1.29, 1.82) is 0 Å². The summed E-state index contributed by atoms with van der Waals surface area (Å²) in [6.07, 6.45) is 4.72. The predicted molar refractivity (Wildman–Crippen MR) is 65.7 cm³/mol. The van der Waals surface area contributed by atoms with Gasteiger partial charge in [-0.2, -0.15) is 0 Å². The average Bonchev–Trinajstić information content (AvgIpc) is 2.60. The summed E-state index contributed by atoms with van der Waals surface area (Å²) in [5.41, 5.74) is 0.622. The first-order valence-electron chi connectivity index (χ1n) is 5.28. The van der Waals surface area contributed by atoms with Crippen LogP contribution in [-0.2, 0) is 11.5 Å². The predicted octanol–water partition coefficient (Wildman–Crippen LogP) is 2.00. The SMILES string of the molecule is C[Si](C)(C)CCOCn1cnc(C=NO)c1. The molecule has 0 fully saturated rings. The van der Waals surface area contributed by atoms with Gasteiger partial charge in [-0.05, 0) is 6.04 Å². The van der Waals surface area contributed by atoms with Gasteiger partial charge < -0.3 is 14.5 Å². The number of oxime groups is 1. The van der Waals surface area contributed by atoms with Crippen LogP contribution in [0, 0.1) is 0 Å². The first-order valence-corrected chi connectivity index (χ1v) is 8.99. The number of rotatable bonds is 6. The van der Waals surface area contributed by atoms with Gasteiger partial charge in [0, 0.05) is 20.9 Å². The second-order valence-corrected chi connectivity index (χ2v) is 10.5. The van der Waals surface area contributed by atoms with Gasteiger partial charge in [0.1, 0.15) is 12.4 Å². The molecule has 0 aliphatic carbocycles. The van der Waals surface area contributed by atoms with Crippen LogP contribution >= 0.6 is 0 Å². The molecule has 0 radical (unpaired) electrons. The first kappa shape index (κ1) is 12.9. The normalized spacial score (nSPS) is 12.4. The Hall–Kier alpha value is -1.14. The second-order valence-electron chi connectivity index (χ2n) is 4.91. The topological polar surface area (TPSA) is 59.6 Å². The van der Waals surface area contributed by atoms with E-state index in [0.717, 1.165) is 12.7 Å². The second kappa shape index (κ2) is 5.81. The van der Waals surface area contributed by atoms with Crippen LogP contribution in [-0.4, -0.2) is 35.7 Å². The Balaban J connectivity index is 2.27. The Morgan fingerprint density at radius 2 is 2.31 bits per heavy atom. The van der Waals surface area contributed by atoms with Crippen molar-refractivity contribution in [3.8, 4) is 0 Å². The van der Waals surface area contributed by atoms with E-state index in [1.54, 1.807) is 12.5 Å². The number of hydrogen-bond acceptors (Lipinski definition) is 4. The fourth-order valence-electron chi connectivity index (χ4n) is 1.12. The van der Waals surface area contributed by atoms with Gasteiger partial charge in [0.05, 0.1) is 12.5 Å². The highest BCUT2D eigenvalue weighted by Crippen LogP contribution is 2.07. The monoisotopic (exact) mass is 241 g/mol. The molecule has 0 atom stereocenters. The molecule has 16 heavy (non-hydrogen) atoms. The summed E-state index contributed by atoms with van der Waals surface area (Å²) in [4.78, 5) is 4.02. The first-order chi connectivity index (χ1) is 7.51. The molecule has 0 bridgehead atoms. The molecule has 0 aliphatic rings. The molecule has 0 aromatic carbocycles. The van der Waals surface area contributed by atoms with Crippen LogP contribution in [0.15, 0.2) is 17.7 Å². The minimum atomic E-state index is -1.01. The molecule has 1 heterocycles. The Kier molecular flexibility index (Phi) is 4.69. The summed E-state index contributed by atoms with van der Waals surface area (Å²) >= 11 is 0. The summed E-state index contributed by atoms with van der Waals surface area (Å²) < 4.78 is 7.36. The third-order valence-corrected chi connectivity index (χ3v) is 3.78. The zero-order chi connectivity index (χ0) is 12.0. The number of imidazole rings is 1.